The van der Waals surface area contributed by atoms with Gasteiger partial charge in [-0.25, -0.2) is 12.7 Å². The molecule has 0 amide bonds. The molecule has 0 atom stereocenters. The monoisotopic (exact) mass is 440 g/mol. The molecule has 8 heteroatoms. The smallest absolute Gasteiger partial charge is 0.299 e. The normalized spacial score (nSPS) is 16.9. The van der Waals surface area contributed by atoms with Gasteiger partial charge in [-0.05, 0) is 49.6 Å². The van der Waals surface area contributed by atoms with Crippen LogP contribution in [0.4, 0.5) is 13.2 Å². The highest BCUT2D eigenvalue weighted by Gasteiger charge is 2.32. The summed E-state index contributed by atoms with van der Waals surface area (Å²) in [7, 11) is -1.52. The molecule has 2 aromatic rings. The first kappa shape index (κ1) is 22.8. The van der Waals surface area contributed by atoms with E-state index in [0.29, 0.717) is 38.0 Å². The SMILES string of the molecule is Cc1ccccc1CS(=O)(=O)N1CCC(N(C)Cc2cccc(C(F)(F)F)c2)CC1. The van der Waals surface area contributed by atoms with Gasteiger partial charge in [0, 0.05) is 25.7 Å². The second-order valence-electron chi connectivity index (χ2n) is 7.93. The molecule has 0 unspecified atom stereocenters. The summed E-state index contributed by atoms with van der Waals surface area (Å²) in [5.74, 6) is -0.00951. The van der Waals surface area contributed by atoms with Crippen LogP contribution in [0.3, 0.4) is 0 Å². The zero-order valence-electron chi connectivity index (χ0n) is 17.2. The molecule has 0 saturated carbocycles. The van der Waals surface area contributed by atoms with Gasteiger partial charge >= 0.3 is 6.18 Å². The minimum absolute atomic E-state index is 0.00951. The van der Waals surface area contributed by atoms with Crippen LogP contribution in [0.25, 0.3) is 0 Å². The molecule has 2 aromatic carbocycles. The van der Waals surface area contributed by atoms with Crippen molar-refractivity contribution in [3.05, 3.63) is 70.8 Å². The standard InChI is InChI=1S/C22H27F3N2O2S/c1-17-6-3-4-8-19(17)16-30(28,29)27-12-10-21(11-13-27)26(2)15-18-7-5-9-20(14-18)22(23,24)25/h3-9,14,21H,10-13,15-16H2,1-2H3. The summed E-state index contributed by atoms with van der Waals surface area (Å²) < 4.78 is 65.9. The third-order valence-electron chi connectivity index (χ3n) is 5.73. The third kappa shape index (κ3) is 5.62. The van der Waals surface area contributed by atoms with Crippen LogP contribution in [0, 0.1) is 6.92 Å². The van der Waals surface area contributed by atoms with Gasteiger partial charge in [0.1, 0.15) is 0 Å². The topological polar surface area (TPSA) is 40.6 Å². The maximum Gasteiger partial charge on any atom is 0.416 e. The average molecular weight is 441 g/mol. The Balaban J connectivity index is 1.58. The third-order valence-corrected chi connectivity index (χ3v) is 7.55. The van der Waals surface area contributed by atoms with E-state index in [9.17, 15) is 21.6 Å². The number of sulfonamides is 1. The highest BCUT2D eigenvalue weighted by Crippen LogP contribution is 2.30. The summed E-state index contributed by atoms with van der Waals surface area (Å²) in [5, 5.41) is 0. The van der Waals surface area contributed by atoms with Gasteiger partial charge in [-0.3, -0.25) is 4.90 Å². The first-order valence-electron chi connectivity index (χ1n) is 9.95. The van der Waals surface area contributed by atoms with Crippen molar-refractivity contribution < 1.29 is 21.6 Å². The molecular formula is C22H27F3N2O2S. The number of hydrogen-bond donors (Lipinski definition) is 0. The Morgan fingerprint density at radius 1 is 1.07 bits per heavy atom. The van der Waals surface area contributed by atoms with Crippen molar-refractivity contribution in [3.63, 3.8) is 0 Å². The van der Waals surface area contributed by atoms with Crippen LogP contribution in [0.1, 0.15) is 35.1 Å². The van der Waals surface area contributed by atoms with Gasteiger partial charge in [0.15, 0.2) is 0 Å². The molecule has 0 aliphatic carbocycles. The second kappa shape index (κ2) is 9.08. The van der Waals surface area contributed by atoms with Crippen LogP contribution >= 0.6 is 0 Å². The molecule has 164 valence electrons. The lowest BCUT2D eigenvalue weighted by molar-refractivity contribution is -0.137. The quantitative estimate of drug-likeness (QED) is 0.667. The first-order chi connectivity index (χ1) is 14.1. The molecule has 1 aliphatic rings. The minimum Gasteiger partial charge on any atom is -0.299 e. The molecule has 4 nitrogen and oxygen atoms in total. The van der Waals surface area contributed by atoms with Crippen LogP contribution < -0.4 is 0 Å². The molecule has 0 spiro atoms. The minimum atomic E-state index is -4.36. The molecule has 1 heterocycles. The van der Waals surface area contributed by atoms with Crippen LogP contribution in [-0.4, -0.2) is 43.8 Å². The Kier molecular flexibility index (Phi) is 6.89. The van der Waals surface area contributed by atoms with Crippen molar-refractivity contribution in [1.82, 2.24) is 9.21 Å². The van der Waals surface area contributed by atoms with Crippen LogP contribution in [0.2, 0.25) is 0 Å². The van der Waals surface area contributed by atoms with Crippen molar-refractivity contribution in [2.75, 3.05) is 20.1 Å². The molecule has 0 aromatic heterocycles. The number of piperidine rings is 1. The predicted octanol–water partition coefficient (Wildman–Crippen LogP) is 4.44. The molecule has 0 bridgehead atoms. The summed E-state index contributed by atoms with van der Waals surface area (Å²) in [6.45, 7) is 3.14. The van der Waals surface area contributed by atoms with Crippen molar-refractivity contribution in [2.45, 2.75) is 44.3 Å². The van der Waals surface area contributed by atoms with E-state index in [-0.39, 0.29) is 11.8 Å². The molecule has 1 aliphatic heterocycles. The lowest BCUT2D eigenvalue weighted by Gasteiger charge is -2.36. The Morgan fingerprint density at radius 2 is 1.73 bits per heavy atom. The molecule has 1 saturated heterocycles. The Morgan fingerprint density at radius 3 is 2.37 bits per heavy atom. The van der Waals surface area contributed by atoms with Crippen LogP contribution in [0.15, 0.2) is 48.5 Å². The largest absolute Gasteiger partial charge is 0.416 e. The number of alkyl halides is 3. The summed E-state index contributed by atoms with van der Waals surface area (Å²) in [6.07, 6.45) is -3.05. The maximum absolute atomic E-state index is 12.9. The summed E-state index contributed by atoms with van der Waals surface area (Å²) >= 11 is 0. The fourth-order valence-electron chi connectivity index (χ4n) is 3.88. The summed E-state index contributed by atoms with van der Waals surface area (Å²) in [5.41, 5.74) is 1.71. The zero-order chi connectivity index (χ0) is 21.9. The first-order valence-corrected chi connectivity index (χ1v) is 11.6. The molecule has 0 N–H and O–H groups in total. The molecule has 30 heavy (non-hydrogen) atoms. The van der Waals surface area contributed by atoms with Gasteiger partial charge in [-0.2, -0.15) is 13.2 Å². The van der Waals surface area contributed by atoms with Gasteiger partial charge in [0.25, 0.3) is 0 Å². The van der Waals surface area contributed by atoms with Crippen molar-refractivity contribution in [2.24, 2.45) is 0 Å². The van der Waals surface area contributed by atoms with Crippen molar-refractivity contribution in [1.29, 1.82) is 0 Å². The molecule has 3 rings (SSSR count). The van der Waals surface area contributed by atoms with E-state index in [2.05, 4.69) is 0 Å². The van der Waals surface area contributed by atoms with Crippen LogP contribution in [0.5, 0.6) is 0 Å². The zero-order valence-corrected chi connectivity index (χ0v) is 18.0. The summed E-state index contributed by atoms with van der Waals surface area (Å²) in [4.78, 5) is 2.01. The molecular weight excluding hydrogens is 413 g/mol. The molecule has 0 radical (unpaired) electrons. The number of benzene rings is 2. The van der Waals surface area contributed by atoms with E-state index in [4.69, 9.17) is 0 Å². The van der Waals surface area contributed by atoms with Gasteiger partial charge in [-0.15, -0.1) is 0 Å². The number of rotatable bonds is 6. The average Bonchev–Trinajstić information content (AvgIpc) is 2.69. The maximum atomic E-state index is 12.9. The van der Waals surface area contributed by atoms with Gasteiger partial charge in [-0.1, -0.05) is 42.5 Å². The van der Waals surface area contributed by atoms with Gasteiger partial charge in [0.2, 0.25) is 10.0 Å². The predicted molar refractivity (Wildman–Crippen MR) is 111 cm³/mol. The highest BCUT2D eigenvalue weighted by atomic mass is 32.2. The fourth-order valence-corrected chi connectivity index (χ4v) is 5.55. The number of aryl methyl sites for hydroxylation is 1. The highest BCUT2D eigenvalue weighted by molar-refractivity contribution is 7.88. The lowest BCUT2D eigenvalue weighted by Crippen LogP contribution is -2.45. The van der Waals surface area contributed by atoms with E-state index >= 15 is 0 Å². The van der Waals surface area contributed by atoms with Gasteiger partial charge in [0.05, 0.1) is 11.3 Å². The van der Waals surface area contributed by atoms with E-state index in [1.807, 2.05) is 43.1 Å². The second-order valence-corrected chi connectivity index (χ2v) is 9.90. The summed E-state index contributed by atoms with van der Waals surface area (Å²) in [6, 6.07) is 13.0. The Bertz CT molecular complexity index is 968. The molecule has 1 fully saturated rings. The Labute approximate surface area is 176 Å². The van der Waals surface area contributed by atoms with E-state index < -0.39 is 21.8 Å². The number of hydrogen-bond acceptors (Lipinski definition) is 3. The van der Waals surface area contributed by atoms with Crippen molar-refractivity contribution in [3.8, 4) is 0 Å². The lowest BCUT2D eigenvalue weighted by atomic mass is 10.0. The van der Waals surface area contributed by atoms with Crippen LogP contribution in [-0.2, 0) is 28.5 Å². The van der Waals surface area contributed by atoms with E-state index in [1.165, 1.54) is 16.4 Å². The van der Waals surface area contributed by atoms with E-state index in [0.717, 1.165) is 17.2 Å². The van der Waals surface area contributed by atoms with Gasteiger partial charge < -0.3 is 0 Å². The fraction of sp³-hybridized carbons (Fsp3) is 0.455. The Hall–Kier alpha value is -1.90. The van der Waals surface area contributed by atoms with Crippen molar-refractivity contribution >= 4 is 10.0 Å². The number of halogens is 3. The number of nitrogens with zero attached hydrogens (tertiary/aromatic N) is 2. The van der Waals surface area contributed by atoms with E-state index in [1.54, 1.807) is 6.07 Å².